The van der Waals surface area contributed by atoms with Gasteiger partial charge < -0.3 is 5.32 Å². The Labute approximate surface area is 151 Å². The van der Waals surface area contributed by atoms with Gasteiger partial charge >= 0.3 is 0 Å². The van der Waals surface area contributed by atoms with Crippen molar-refractivity contribution in [2.45, 2.75) is 25.9 Å². The van der Waals surface area contributed by atoms with Crippen LogP contribution in [0.5, 0.6) is 0 Å². The number of nitrogens with zero attached hydrogens (tertiary/aromatic N) is 3. The number of carbonyl (C=O) groups excluding carboxylic acids is 1. The van der Waals surface area contributed by atoms with Gasteiger partial charge in [0.15, 0.2) is 0 Å². The van der Waals surface area contributed by atoms with Gasteiger partial charge in [0.25, 0.3) is 5.56 Å². The van der Waals surface area contributed by atoms with E-state index in [-0.39, 0.29) is 11.5 Å². The van der Waals surface area contributed by atoms with Crippen LogP contribution < -0.4 is 10.9 Å². The average Bonchev–Trinajstić information content (AvgIpc) is 2.69. The van der Waals surface area contributed by atoms with E-state index in [9.17, 15) is 9.59 Å². The molecule has 3 aromatic rings. The van der Waals surface area contributed by atoms with Crippen LogP contribution in [-0.4, -0.2) is 20.4 Å². The highest BCUT2D eigenvalue weighted by atomic mass is 16.1. The minimum Gasteiger partial charge on any atom is -0.352 e. The monoisotopic (exact) mass is 348 g/mol. The van der Waals surface area contributed by atoms with Gasteiger partial charge in [-0.2, -0.15) is 0 Å². The number of hydrogen-bond acceptors (Lipinski definition) is 4. The highest BCUT2D eigenvalue weighted by molar-refractivity contribution is 5.75. The number of amides is 1. The summed E-state index contributed by atoms with van der Waals surface area (Å²) < 4.78 is 1.53. The number of hydrogen-bond donors (Lipinski definition) is 1. The van der Waals surface area contributed by atoms with Gasteiger partial charge in [-0.25, -0.2) is 4.98 Å². The predicted molar refractivity (Wildman–Crippen MR) is 99.3 cm³/mol. The Hall–Kier alpha value is -3.28. The topological polar surface area (TPSA) is 76.9 Å². The highest BCUT2D eigenvalue weighted by Gasteiger charge is 2.05. The summed E-state index contributed by atoms with van der Waals surface area (Å²) in [6, 6.07) is 14.8. The van der Waals surface area contributed by atoms with Gasteiger partial charge in [-0.15, -0.1) is 0 Å². The average molecular weight is 348 g/mol. The first-order chi connectivity index (χ1) is 12.7. The summed E-state index contributed by atoms with van der Waals surface area (Å²) in [7, 11) is 0. The first-order valence-corrected chi connectivity index (χ1v) is 8.50. The van der Waals surface area contributed by atoms with Gasteiger partial charge in [0.1, 0.15) is 0 Å². The Bertz CT molecular complexity index is 908. The maximum absolute atomic E-state index is 12.2. The zero-order valence-electron chi connectivity index (χ0n) is 14.3. The van der Waals surface area contributed by atoms with E-state index in [0.29, 0.717) is 31.6 Å². The summed E-state index contributed by atoms with van der Waals surface area (Å²) in [4.78, 5) is 32.5. The molecular formula is C20H20N4O2. The molecule has 0 saturated carbocycles. The van der Waals surface area contributed by atoms with Gasteiger partial charge in [0.05, 0.1) is 12.0 Å². The molecule has 0 radical (unpaired) electrons. The molecule has 0 fully saturated rings. The lowest BCUT2D eigenvalue weighted by molar-refractivity contribution is -0.121. The largest absolute Gasteiger partial charge is 0.352 e. The van der Waals surface area contributed by atoms with Crippen LogP contribution in [0.3, 0.4) is 0 Å². The second-order valence-electron chi connectivity index (χ2n) is 5.91. The number of nitrogens with one attached hydrogen (secondary N) is 1. The molecule has 2 heterocycles. The van der Waals surface area contributed by atoms with Crippen LogP contribution in [0.1, 0.15) is 18.4 Å². The van der Waals surface area contributed by atoms with Gasteiger partial charge in [-0.05, 0) is 18.1 Å². The van der Waals surface area contributed by atoms with E-state index in [2.05, 4.69) is 15.3 Å². The molecule has 1 aromatic carbocycles. The van der Waals surface area contributed by atoms with E-state index in [1.807, 2.05) is 42.5 Å². The Morgan fingerprint density at radius 3 is 2.69 bits per heavy atom. The maximum Gasteiger partial charge on any atom is 0.253 e. The fourth-order valence-electron chi connectivity index (χ4n) is 2.56. The molecule has 1 N–H and O–H groups in total. The third kappa shape index (κ3) is 4.86. The Morgan fingerprint density at radius 2 is 1.96 bits per heavy atom. The normalized spacial score (nSPS) is 10.5. The quantitative estimate of drug-likeness (QED) is 0.711. The fraction of sp³-hybridized carbons (Fsp3) is 0.200. The maximum atomic E-state index is 12.2. The predicted octanol–water partition coefficient (Wildman–Crippen LogP) is 2.40. The lowest BCUT2D eigenvalue weighted by atomic mass is 10.1. The molecule has 3 rings (SSSR count). The Morgan fingerprint density at radius 1 is 1.12 bits per heavy atom. The van der Waals surface area contributed by atoms with E-state index in [1.54, 1.807) is 12.4 Å². The first-order valence-electron chi connectivity index (χ1n) is 8.50. The van der Waals surface area contributed by atoms with Crippen molar-refractivity contribution in [2.24, 2.45) is 0 Å². The molecule has 26 heavy (non-hydrogen) atoms. The lowest BCUT2D eigenvalue weighted by Crippen LogP contribution is -2.24. The molecule has 0 aliphatic heterocycles. The van der Waals surface area contributed by atoms with E-state index in [0.717, 1.165) is 11.1 Å². The van der Waals surface area contributed by atoms with Crippen LogP contribution in [0.4, 0.5) is 0 Å². The van der Waals surface area contributed by atoms with Crippen LogP contribution in [0, 0.1) is 0 Å². The number of carbonyl (C=O) groups is 1. The van der Waals surface area contributed by atoms with Crippen molar-refractivity contribution in [1.82, 2.24) is 19.9 Å². The van der Waals surface area contributed by atoms with Gasteiger partial charge in [0, 0.05) is 43.5 Å². The molecule has 6 nitrogen and oxygen atoms in total. The number of benzene rings is 1. The Kier molecular flexibility index (Phi) is 5.88. The summed E-state index contributed by atoms with van der Waals surface area (Å²) in [5.41, 5.74) is 2.40. The minimum absolute atomic E-state index is 0.0456. The molecule has 0 aliphatic carbocycles. The van der Waals surface area contributed by atoms with Crippen LogP contribution in [0.15, 0.2) is 72.0 Å². The van der Waals surface area contributed by atoms with Crippen molar-refractivity contribution in [3.8, 4) is 11.3 Å². The van der Waals surface area contributed by atoms with E-state index in [1.165, 1.54) is 17.0 Å². The van der Waals surface area contributed by atoms with Crippen molar-refractivity contribution in [1.29, 1.82) is 0 Å². The molecule has 0 bridgehead atoms. The zero-order chi connectivity index (χ0) is 18.2. The molecule has 1 amide bonds. The molecule has 0 atom stereocenters. The van der Waals surface area contributed by atoms with Crippen molar-refractivity contribution < 1.29 is 4.79 Å². The highest BCUT2D eigenvalue weighted by Crippen LogP contribution is 2.13. The zero-order valence-corrected chi connectivity index (χ0v) is 14.3. The van der Waals surface area contributed by atoms with Crippen LogP contribution in [0.2, 0.25) is 0 Å². The van der Waals surface area contributed by atoms with E-state index < -0.39 is 0 Å². The minimum atomic E-state index is -0.116. The van der Waals surface area contributed by atoms with Crippen molar-refractivity contribution in [3.63, 3.8) is 0 Å². The molecule has 6 heteroatoms. The van der Waals surface area contributed by atoms with Crippen LogP contribution in [-0.2, 0) is 17.9 Å². The van der Waals surface area contributed by atoms with Gasteiger partial charge in [-0.1, -0.05) is 36.4 Å². The smallest absolute Gasteiger partial charge is 0.253 e. The summed E-state index contributed by atoms with van der Waals surface area (Å²) in [5, 5.41) is 2.85. The number of rotatable bonds is 7. The Balaban J connectivity index is 1.49. The second kappa shape index (κ2) is 8.71. The summed E-state index contributed by atoms with van der Waals surface area (Å²) in [6.45, 7) is 0.918. The molecular weight excluding hydrogens is 328 g/mol. The third-order valence-corrected chi connectivity index (χ3v) is 3.96. The number of aryl methyl sites for hydroxylation is 1. The van der Waals surface area contributed by atoms with E-state index >= 15 is 0 Å². The standard InChI is InChI=1S/C20H20N4O2/c25-19(22-14-16-6-4-10-21-13-16)9-5-11-24-15-23-18(12-20(24)26)17-7-2-1-3-8-17/h1-4,6-8,10,12-13,15H,5,9,11,14H2,(H,22,25). The van der Waals surface area contributed by atoms with Crippen LogP contribution >= 0.6 is 0 Å². The molecule has 0 aliphatic rings. The fourth-order valence-corrected chi connectivity index (χ4v) is 2.56. The summed E-state index contributed by atoms with van der Waals surface area (Å²) >= 11 is 0. The molecule has 132 valence electrons. The summed E-state index contributed by atoms with van der Waals surface area (Å²) in [5.74, 6) is -0.0456. The van der Waals surface area contributed by atoms with Crippen LogP contribution in [0.25, 0.3) is 11.3 Å². The molecule has 2 aromatic heterocycles. The number of pyridine rings is 1. The van der Waals surface area contributed by atoms with Gasteiger partial charge in [-0.3, -0.25) is 19.1 Å². The van der Waals surface area contributed by atoms with Gasteiger partial charge in [0.2, 0.25) is 5.91 Å². The molecule has 0 unspecified atom stereocenters. The van der Waals surface area contributed by atoms with Crippen molar-refractivity contribution >= 4 is 5.91 Å². The van der Waals surface area contributed by atoms with Crippen molar-refractivity contribution in [2.75, 3.05) is 0 Å². The SMILES string of the molecule is O=C(CCCn1cnc(-c2ccccc2)cc1=O)NCc1cccnc1. The third-order valence-electron chi connectivity index (χ3n) is 3.96. The molecule has 0 spiro atoms. The number of aromatic nitrogens is 3. The second-order valence-corrected chi connectivity index (χ2v) is 5.91. The summed E-state index contributed by atoms with van der Waals surface area (Å²) in [6.07, 6.45) is 5.89. The lowest BCUT2D eigenvalue weighted by Gasteiger charge is -2.07. The molecule has 0 saturated heterocycles. The first kappa shape index (κ1) is 17.5. The van der Waals surface area contributed by atoms with E-state index in [4.69, 9.17) is 0 Å². The van der Waals surface area contributed by atoms with Crippen molar-refractivity contribution in [3.05, 3.63) is 83.2 Å².